The number of hydrogen-bond donors (Lipinski definition) is 3. The lowest BCUT2D eigenvalue weighted by Gasteiger charge is -2.23. The molecule has 2 saturated carbocycles. The van der Waals surface area contributed by atoms with Crippen LogP contribution in [0.3, 0.4) is 0 Å². The second-order valence-corrected chi connectivity index (χ2v) is 8.26. The van der Waals surface area contributed by atoms with Crippen molar-refractivity contribution in [3.63, 3.8) is 0 Å². The Morgan fingerprint density at radius 2 is 2.09 bits per heavy atom. The van der Waals surface area contributed by atoms with Crippen LogP contribution >= 0.6 is 0 Å². The largest absolute Gasteiger partial charge is 0.473 e. The molecule has 2 aliphatic rings. The summed E-state index contributed by atoms with van der Waals surface area (Å²) in [5, 5.41) is 13.3. The van der Waals surface area contributed by atoms with Gasteiger partial charge >= 0.3 is 0 Å². The number of hydrogen-bond acceptors (Lipinski definition) is 7. The molecule has 0 radical (unpaired) electrons. The van der Waals surface area contributed by atoms with E-state index < -0.39 is 12.2 Å². The molecule has 3 aromatic heterocycles. The van der Waals surface area contributed by atoms with E-state index in [-0.39, 0.29) is 17.6 Å². The first-order valence-electron chi connectivity index (χ1n) is 11.0. The highest BCUT2D eigenvalue weighted by molar-refractivity contribution is 6.00. The van der Waals surface area contributed by atoms with Gasteiger partial charge in [-0.25, -0.2) is 14.4 Å². The minimum Gasteiger partial charge on any atom is -0.473 e. The summed E-state index contributed by atoms with van der Waals surface area (Å²) in [5.41, 5.74) is 1.35. The molecule has 2 aliphatic carbocycles. The van der Waals surface area contributed by atoms with Gasteiger partial charge in [-0.1, -0.05) is 6.42 Å². The number of fused-ring (bicyclic) bond motifs is 1. The van der Waals surface area contributed by atoms with Gasteiger partial charge in [-0.05, 0) is 37.8 Å². The third-order valence-corrected chi connectivity index (χ3v) is 5.87. The number of nitrogens with zero attached hydrogens (tertiary/aromatic N) is 4. The monoisotopic (exact) mass is 439 g/mol. The van der Waals surface area contributed by atoms with Crippen molar-refractivity contribution in [1.82, 2.24) is 24.9 Å². The minimum absolute atomic E-state index is 0.161. The van der Waals surface area contributed by atoms with Crippen LogP contribution in [0.1, 0.15) is 48.9 Å². The number of carbonyl (C=O) groups excluding carboxylic acids is 1. The molecule has 168 valence electrons. The van der Waals surface area contributed by atoms with E-state index in [4.69, 9.17) is 4.74 Å². The Morgan fingerprint density at radius 3 is 2.84 bits per heavy atom. The van der Waals surface area contributed by atoms with Crippen LogP contribution in [0.15, 0.2) is 30.6 Å². The number of rotatable bonds is 7. The summed E-state index contributed by atoms with van der Waals surface area (Å²) < 4.78 is 21.0. The molecule has 0 saturated heterocycles. The Kier molecular flexibility index (Phi) is 5.50. The standard InChI is InChI=1S/C22H26FN7O2/c1-24-19-11-18(27-16-8-5-9-25-22(16)32-13-6-3-2-4-7-13)29-20-14(12-26-30(19)20)21(31)28-17-10-15(17)23/h5,8-9,11-13,15,17,24H,2-4,6-7,10H2,1H3,(H,27,29)(H,28,31). The maximum atomic E-state index is 13.2. The van der Waals surface area contributed by atoms with Crippen LogP contribution in [0.25, 0.3) is 5.65 Å². The van der Waals surface area contributed by atoms with Crippen LogP contribution in [-0.2, 0) is 0 Å². The van der Waals surface area contributed by atoms with Crippen LogP contribution in [0.4, 0.5) is 21.7 Å². The SMILES string of the molecule is CNc1cc(Nc2cccnc2OC2CCCCC2)nc2c(C(=O)NC3CC3F)cnn12. The zero-order valence-electron chi connectivity index (χ0n) is 17.8. The van der Waals surface area contributed by atoms with Gasteiger partial charge in [0.15, 0.2) is 5.65 Å². The molecule has 0 aromatic carbocycles. The molecule has 10 heteroatoms. The van der Waals surface area contributed by atoms with Crippen molar-refractivity contribution >= 4 is 28.9 Å². The Hall–Kier alpha value is -3.43. The summed E-state index contributed by atoms with van der Waals surface area (Å²) in [6.45, 7) is 0. The molecule has 5 rings (SSSR count). The first kappa shape index (κ1) is 20.5. The van der Waals surface area contributed by atoms with Gasteiger partial charge in [-0.2, -0.15) is 9.61 Å². The molecule has 3 N–H and O–H groups in total. The zero-order chi connectivity index (χ0) is 22.1. The van der Waals surface area contributed by atoms with Gasteiger partial charge in [-0.15, -0.1) is 0 Å². The fourth-order valence-corrected chi connectivity index (χ4v) is 3.98. The number of halogens is 1. The van der Waals surface area contributed by atoms with Gasteiger partial charge in [0.05, 0.1) is 12.2 Å². The summed E-state index contributed by atoms with van der Waals surface area (Å²) in [6, 6.07) is 5.07. The van der Waals surface area contributed by atoms with Crippen LogP contribution in [0, 0.1) is 0 Å². The van der Waals surface area contributed by atoms with Crippen LogP contribution in [-0.4, -0.2) is 50.9 Å². The Bertz CT molecular complexity index is 1130. The average molecular weight is 439 g/mol. The maximum absolute atomic E-state index is 13.2. The molecule has 3 aromatic rings. The van der Waals surface area contributed by atoms with E-state index >= 15 is 0 Å². The molecule has 2 atom stereocenters. The van der Waals surface area contributed by atoms with Gasteiger partial charge in [0.1, 0.15) is 35.2 Å². The highest BCUT2D eigenvalue weighted by atomic mass is 19.1. The molecule has 0 bridgehead atoms. The van der Waals surface area contributed by atoms with Crippen molar-refractivity contribution in [3.8, 4) is 5.88 Å². The number of alkyl halides is 1. The van der Waals surface area contributed by atoms with E-state index in [1.807, 2.05) is 12.1 Å². The van der Waals surface area contributed by atoms with E-state index in [1.165, 1.54) is 25.5 Å². The quantitative estimate of drug-likeness (QED) is 0.518. The number of pyridine rings is 1. The molecule has 2 unspecified atom stereocenters. The van der Waals surface area contributed by atoms with E-state index in [9.17, 15) is 9.18 Å². The molecule has 2 fully saturated rings. The van der Waals surface area contributed by atoms with Gasteiger partial charge in [-0.3, -0.25) is 4.79 Å². The summed E-state index contributed by atoms with van der Waals surface area (Å²) in [7, 11) is 1.76. The lowest BCUT2D eigenvalue weighted by molar-refractivity contribution is 0.0949. The topological polar surface area (TPSA) is 105 Å². The second-order valence-electron chi connectivity index (χ2n) is 8.26. The highest BCUT2D eigenvalue weighted by Crippen LogP contribution is 2.30. The fraction of sp³-hybridized carbons (Fsp3) is 0.455. The number of anilines is 3. The van der Waals surface area contributed by atoms with Gasteiger partial charge < -0.3 is 20.7 Å². The van der Waals surface area contributed by atoms with Crippen molar-refractivity contribution in [2.45, 2.75) is 56.8 Å². The predicted octanol–water partition coefficient (Wildman–Crippen LogP) is 3.46. The molecular weight excluding hydrogens is 413 g/mol. The first-order valence-corrected chi connectivity index (χ1v) is 11.0. The van der Waals surface area contributed by atoms with Gasteiger partial charge in [0, 0.05) is 25.7 Å². The third-order valence-electron chi connectivity index (χ3n) is 5.87. The van der Waals surface area contributed by atoms with Crippen molar-refractivity contribution in [2.75, 3.05) is 17.7 Å². The number of nitrogens with one attached hydrogen (secondary N) is 3. The maximum Gasteiger partial charge on any atom is 0.257 e. The lowest BCUT2D eigenvalue weighted by Crippen LogP contribution is -2.27. The Morgan fingerprint density at radius 1 is 1.28 bits per heavy atom. The van der Waals surface area contributed by atoms with Crippen LogP contribution in [0.2, 0.25) is 0 Å². The Balaban J connectivity index is 1.43. The number of amides is 1. The van der Waals surface area contributed by atoms with E-state index in [0.29, 0.717) is 35.3 Å². The molecule has 1 amide bonds. The van der Waals surface area contributed by atoms with E-state index in [2.05, 4.69) is 31.0 Å². The molecule has 0 aliphatic heterocycles. The van der Waals surface area contributed by atoms with Gasteiger partial charge in [0.2, 0.25) is 5.88 Å². The highest BCUT2D eigenvalue weighted by Gasteiger charge is 2.39. The summed E-state index contributed by atoms with van der Waals surface area (Å²) >= 11 is 0. The van der Waals surface area contributed by atoms with Crippen molar-refractivity contribution in [1.29, 1.82) is 0 Å². The molecule has 32 heavy (non-hydrogen) atoms. The molecule has 9 nitrogen and oxygen atoms in total. The average Bonchev–Trinajstić information content (AvgIpc) is 3.32. The summed E-state index contributed by atoms with van der Waals surface area (Å²) in [4.78, 5) is 21.6. The first-order chi connectivity index (χ1) is 15.6. The van der Waals surface area contributed by atoms with E-state index in [1.54, 1.807) is 23.8 Å². The normalized spacial score (nSPS) is 20.7. The number of ether oxygens (including phenoxy) is 1. The molecular formula is C22H26FN7O2. The van der Waals surface area contributed by atoms with Crippen molar-refractivity contribution < 1.29 is 13.9 Å². The third kappa shape index (κ3) is 4.17. The smallest absolute Gasteiger partial charge is 0.257 e. The summed E-state index contributed by atoms with van der Waals surface area (Å²) in [5.74, 6) is 1.29. The summed E-state index contributed by atoms with van der Waals surface area (Å²) in [6.07, 6.45) is 8.31. The lowest BCUT2D eigenvalue weighted by atomic mass is 9.98. The molecule has 0 spiro atoms. The molecule has 3 heterocycles. The van der Waals surface area contributed by atoms with Crippen molar-refractivity contribution in [2.24, 2.45) is 0 Å². The fourth-order valence-electron chi connectivity index (χ4n) is 3.98. The minimum atomic E-state index is -0.980. The second kappa shape index (κ2) is 8.60. The predicted molar refractivity (Wildman–Crippen MR) is 118 cm³/mol. The van der Waals surface area contributed by atoms with Gasteiger partial charge in [0.25, 0.3) is 5.91 Å². The van der Waals surface area contributed by atoms with Crippen LogP contribution < -0.4 is 20.7 Å². The van der Waals surface area contributed by atoms with Crippen LogP contribution in [0.5, 0.6) is 5.88 Å². The Labute approximate surface area is 184 Å². The van der Waals surface area contributed by atoms with Crippen molar-refractivity contribution in [3.05, 3.63) is 36.2 Å². The number of carbonyl (C=O) groups is 1. The van der Waals surface area contributed by atoms with E-state index in [0.717, 1.165) is 12.8 Å². The zero-order valence-corrected chi connectivity index (χ0v) is 17.8. The number of aromatic nitrogens is 4.